The summed E-state index contributed by atoms with van der Waals surface area (Å²) in [5, 5.41) is 11.3. The predicted octanol–water partition coefficient (Wildman–Crippen LogP) is -0.0994. The van der Waals surface area contributed by atoms with Gasteiger partial charge >= 0.3 is 0 Å². The molecule has 20 heavy (non-hydrogen) atoms. The average Bonchev–Trinajstić information content (AvgIpc) is 2.91. The van der Waals surface area contributed by atoms with E-state index in [1.165, 1.54) is 26.2 Å². The van der Waals surface area contributed by atoms with Gasteiger partial charge in [0.1, 0.15) is 0 Å². The number of carbonyl (C=O) groups excluding carboxylic acids is 1. The Morgan fingerprint density at radius 1 is 1.25 bits per heavy atom. The number of hydrogen-bond donors (Lipinski definition) is 0. The quantitative estimate of drug-likeness (QED) is 0.775. The van der Waals surface area contributed by atoms with Crippen molar-refractivity contribution in [3.63, 3.8) is 0 Å². The second-order valence-electron chi connectivity index (χ2n) is 4.95. The monoisotopic (exact) mass is 297 g/mol. The standard InChI is InChI=1S/C13H18N2O4S/c1-14(2)20(18,19)10-5-6-12(11(9-10)13(16)17)15-7-3-4-8-15/h5-6,9H,3-4,7-8H2,1-2H3,(H,16,17)/p-1. The molecule has 1 heterocycles. The summed E-state index contributed by atoms with van der Waals surface area (Å²) in [6.45, 7) is 1.56. The molecule has 7 heteroatoms. The maximum absolute atomic E-state index is 12.0. The van der Waals surface area contributed by atoms with Gasteiger partial charge in [0, 0.05) is 38.4 Å². The van der Waals surface area contributed by atoms with Gasteiger partial charge < -0.3 is 14.8 Å². The molecule has 0 spiro atoms. The van der Waals surface area contributed by atoms with Gasteiger partial charge in [-0.3, -0.25) is 0 Å². The summed E-state index contributed by atoms with van der Waals surface area (Å²) >= 11 is 0. The smallest absolute Gasteiger partial charge is 0.242 e. The molecule has 1 aliphatic rings. The third-order valence-electron chi connectivity index (χ3n) is 3.41. The van der Waals surface area contributed by atoms with Gasteiger partial charge in [-0.25, -0.2) is 12.7 Å². The Bertz CT molecular complexity index is 619. The van der Waals surface area contributed by atoms with Crippen LogP contribution in [0.25, 0.3) is 0 Å². The van der Waals surface area contributed by atoms with Crippen molar-refractivity contribution in [1.82, 2.24) is 4.31 Å². The van der Waals surface area contributed by atoms with Gasteiger partial charge in [-0.2, -0.15) is 0 Å². The summed E-state index contributed by atoms with van der Waals surface area (Å²) in [5.74, 6) is -1.36. The largest absolute Gasteiger partial charge is 0.545 e. The average molecular weight is 297 g/mol. The molecule has 0 radical (unpaired) electrons. The lowest BCUT2D eigenvalue weighted by Gasteiger charge is -2.23. The van der Waals surface area contributed by atoms with Crippen LogP contribution in [0.4, 0.5) is 5.69 Å². The van der Waals surface area contributed by atoms with Crippen molar-refractivity contribution in [1.29, 1.82) is 0 Å². The Morgan fingerprint density at radius 3 is 2.35 bits per heavy atom. The lowest BCUT2D eigenvalue weighted by atomic mass is 10.1. The second-order valence-corrected chi connectivity index (χ2v) is 7.10. The van der Waals surface area contributed by atoms with Gasteiger partial charge in [0.15, 0.2) is 0 Å². The Morgan fingerprint density at radius 2 is 1.85 bits per heavy atom. The molecule has 1 fully saturated rings. The number of hydrogen-bond acceptors (Lipinski definition) is 5. The molecule has 2 rings (SSSR count). The molecule has 6 nitrogen and oxygen atoms in total. The second kappa shape index (κ2) is 5.41. The molecular formula is C13H17N2O4S-. The fraction of sp³-hybridized carbons (Fsp3) is 0.462. The zero-order valence-corrected chi connectivity index (χ0v) is 12.3. The maximum Gasteiger partial charge on any atom is 0.242 e. The van der Waals surface area contributed by atoms with Crippen molar-refractivity contribution >= 4 is 21.7 Å². The first kappa shape index (κ1) is 14.8. The highest BCUT2D eigenvalue weighted by atomic mass is 32.2. The highest BCUT2D eigenvalue weighted by Gasteiger charge is 2.22. The van der Waals surface area contributed by atoms with Crippen molar-refractivity contribution < 1.29 is 18.3 Å². The van der Waals surface area contributed by atoms with Gasteiger partial charge in [-0.05, 0) is 31.0 Å². The van der Waals surface area contributed by atoms with Crippen LogP contribution in [0.5, 0.6) is 0 Å². The van der Waals surface area contributed by atoms with Crippen LogP contribution in [0.2, 0.25) is 0 Å². The maximum atomic E-state index is 12.0. The number of sulfonamides is 1. The van der Waals surface area contributed by atoms with Crippen molar-refractivity contribution in [2.24, 2.45) is 0 Å². The van der Waals surface area contributed by atoms with Crippen LogP contribution in [0.15, 0.2) is 23.1 Å². The number of rotatable bonds is 4. The van der Waals surface area contributed by atoms with E-state index in [9.17, 15) is 18.3 Å². The van der Waals surface area contributed by atoms with E-state index in [0.29, 0.717) is 5.69 Å². The fourth-order valence-corrected chi connectivity index (χ4v) is 3.21. The summed E-state index contributed by atoms with van der Waals surface area (Å²) < 4.78 is 25.1. The fourth-order valence-electron chi connectivity index (χ4n) is 2.28. The highest BCUT2D eigenvalue weighted by Crippen LogP contribution is 2.27. The van der Waals surface area contributed by atoms with Gasteiger partial charge in [0.25, 0.3) is 0 Å². The predicted molar refractivity (Wildman–Crippen MR) is 73.1 cm³/mol. The van der Waals surface area contributed by atoms with Crippen LogP contribution in [0.1, 0.15) is 23.2 Å². The molecule has 0 saturated carbocycles. The molecule has 0 unspecified atom stereocenters. The normalized spacial score (nSPS) is 15.8. The number of carboxylic acids is 1. The Kier molecular flexibility index (Phi) is 4.01. The van der Waals surface area contributed by atoms with Crippen LogP contribution in [-0.2, 0) is 10.0 Å². The van der Waals surface area contributed by atoms with Crippen molar-refractivity contribution in [3.05, 3.63) is 23.8 Å². The zero-order chi connectivity index (χ0) is 14.9. The number of benzene rings is 1. The molecule has 0 aliphatic carbocycles. The minimum absolute atomic E-state index is 0.0374. The van der Waals surface area contributed by atoms with E-state index in [4.69, 9.17) is 0 Å². The first-order chi connectivity index (χ1) is 9.34. The van der Waals surface area contributed by atoms with E-state index in [2.05, 4.69) is 0 Å². The Hall–Kier alpha value is -1.60. The van der Waals surface area contributed by atoms with Crippen molar-refractivity contribution in [2.45, 2.75) is 17.7 Å². The van der Waals surface area contributed by atoms with Gasteiger partial charge in [-0.1, -0.05) is 0 Å². The summed E-state index contributed by atoms with van der Waals surface area (Å²) in [7, 11) is -0.839. The van der Waals surface area contributed by atoms with Crippen LogP contribution in [0.3, 0.4) is 0 Å². The van der Waals surface area contributed by atoms with E-state index in [1.54, 1.807) is 6.07 Å². The minimum atomic E-state index is -3.65. The van der Waals surface area contributed by atoms with Crippen LogP contribution in [-0.4, -0.2) is 45.9 Å². The lowest BCUT2D eigenvalue weighted by Crippen LogP contribution is -2.29. The summed E-state index contributed by atoms with van der Waals surface area (Å²) in [4.78, 5) is 13.2. The van der Waals surface area contributed by atoms with Gasteiger partial charge in [0.05, 0.1) is 10.9 Å². The summed E-state index contributed by atoms with van der Waals surface area (Å²) in [5.41, 5.74) is 0.454. The number of aromatic carboxylic acids is 1. The number of nitrogens with zero attached hydrogens (tertiary/aromatic N) is 2. The number of carboxylic acid groups (broad SMARTS) is 1. The molecule has 1 saturated heterocycles. The molecule has 1 aromatic carbocycles. The van der Waals surface area contributed by atoms with Crippen molar-refractivity contribution in [3.8, 4) is 0 Å². The molecule has 0 aromatic heterocycles. The molecule has 0 atom stereocenters. The third-order valence-corrected chi connectivity index (χ3v) is 5.22. The first-order valence-corrected chi connectivity index (χ1v) is 7.81. The minimum Gasteiger partial charge on any atom is -0.545 e. The SMILES string of the molecule is CN(C)S(=O)(=O)c1ccc(N2CCCC2)c(C(=O)[O-])c1. The van der Waals surface area contributed by atoms with Crippen LogP contribution < -0.4 is 10.0 Å². The topological polar surface area (TPSA) is 80.8 Å². The molecule has 0 N–H and O–H groups in total. The van der Waals surface area contributed by atoms with E-state index >= 15 is 0 Å². The lowest BCUT2D eigenvalue weighted by molar-refractivity contribution is -0.254. The van der Waals surface area contributed by atoms with E-state index in [-0.39, 0.29) is 10.5 Å². The highest BCUT2D eigenvalue weighted by molar-refractivity contribution is 7.89. The Balaban J connectivity index is 2.51. The van der Waals surface area contributed by atoms with E-state index in [1.807, 2.05) is 4.90 Å². The van der Waals surface area contributed by atoms with E-state index < -0.39 is 16.0 Å². The number of anilines is 1. The third kappa shape index (κ3) is 2.64. The molecule has 1 aliphatic heterocycles. The molecule has 110 valence electrons. The Labute approximate surface area is 118 Å². The molecule has 1 aromatic rings. The van der Waals surface area contributed by atoms with Crippen LogP contribution in [0, 0.1) is 0 Å². The van der Waals surface area contributed by atoms with Crippen LogP contribution >= 0.6 is 0 Å². The summed E-state index contributed by atoms with van der Waals surface area (Å²) in [6, 6.07) is 4.17. The number of carbonyl (C=O) groups is 1. The van der Waals surface area contributed by atoms with Gasteiger partial charge in [-0.15, -0.1) is 0 Å². The summed E-state index contributed by atoms with van der Waals surface area (Å²) in [6.07, 6.45) is 2.01. The molecular weight excluding hydrogens is 280 g/mol. The molecule has 0 bridgehead atoms. The van der Waals surface area contributed by atoms with E-state index in [0.717, 1.165) is 30.2 Å². The van der Waals surface area contributed by atoms with Crippen molar-refractivity contribution in [2.75, 3.05) is 32.1 Å². The zero-order valence-electron chi connectivity index (χ0n) is 11.5. The van der Waals surface area contributed by atoms with Gasteiger partial charge in [0.2, 0.25) is 10.0 Å². The molecule has 0 amide bonds. The first-order valence-electron chi connectivity index (χ1n) is 6.37.